The fourth-order valence-corrected chi connectivity index (χ4v) is 2.91. The summed E-state index contributed by atoms with van der Waals surface area (Å²) in [5.74, 6) is 0.582. The molecule has 27 heavy (non-hydrogen) atoms. The molecule has 1 amide bonds. The number of carbonyl (C=O) groups excluding carboxylic acids is 1. The van der Waals surface area contributed by atoms with Crippen molar-refractivity contribution in [2.24, 2.45) is 0 Å². The Morgan fingerprint density at radius 1 is 1.22 bits per heavy atom. The molecule has 140 valence electrons. The fraction of sp³-hybridized carbons (Fsp3) is 0.400. The molecular weight excluding hydrogens is 362 g/mol. The highest BCUT2D eigenvalue weighted by atomic mass is 35.5. The minimum atomic E-state index is -0.255. The first-order chi connectivity index (χ1) is 13.1. The Hall–Kier alpha value is -2.47. The molecule has 0 radical (unpaired) electrons. The third-order valence-electron chi connectivity index (χ3n) is 4.41. The molecule has 6 nitrogen and oxygen atoms in total. The van der Waals surface area contributed by atoms with E-state index in [0.717, 1.165) is 35.4 Å². The molecule has 2 aromatic heterocycles. The molecule has 2 heterocycles. The van der Waals surface area contributed by atoms with Gasteiger partial charge in [-0.3, -0.25) is 9.78 Å². The highest BCUT2D eigenvalue weighted by Crippen LogP contribution is 2.39. The molecule has 2 fully saturated rings. The van der Waals surface area contributed by atoms with E-state index < -0.39 is 0 Å². The van der Waals surface area contributed by atoms with Crippen molar-refractivity contribution < 1.29 is 4.79 Å². The topological polar surface area (TPSA) is 72.7 Å². The summed E-state index contributed by atoms with van der Waals surface area (Å²) in [5, 5.41) is 3.54. The Morgan fingerprint density at radius 3 is 2.63 bits per heavy atom. The summed E-state index contributed by atoms with van der Waals surface area (Å²) in [6.07, 6.45) is 9.83. The highest BCUT2D eigenvalue weighted by Gasteiger charge is 2.28. The molecule has 1 N–H and O–H groups in total. The van der Waals surface area contributed by atoms with E-state index in [1.54, 1.807) is 6.20 Å². The van der Waals surface area contributed by atoms with Crippen molar-refractivity contribution in [1.29, 1.82) is 0 Å². The Labute approximate surface area is 163 Å². The summed E-state index contributed by atoms with van der Waals surface area (Å²) in [6.45, 7) is 2.18. The van der Waals surface area contributed by atoms with Crippen molar-refractivity contribution in [3.05, 3.63) is 52.8 Å². The predicted octanol–water partition coefficient (Wildman–Crippen LogP) is 4.22. The van der Waals surface area contributed by atoms with E-state index >= 15 is 0 Å². The lowest BCUT2D eigenvalue weighted by atomic mass is 10.3. The van der Waals surface area contributed by atoms with Gasteiger partial charge in [0.05, 0.1) is 29.5 Å². The van der Waals surface area contributed by atoms with Crippen LogP contribution < -0.4 is 5.32 Å². The number of carbonyl (C=O) groups is 1. The van der Waals surface area contributed by atoms with E-state index in [1.165, 1.54) is 25.5 Å². The summed E-state index contributed by atoms with van der Waals surface area (Å²) in [5.41, 5.74) is 2.99. The van der Waals surface area contributed by atoms with Gasteiger partial charge in [0.25, 0.3) is 5.91 Å². The number of fused-ring (bicyclic) bond motifs is 1. The van der Waals surface area contributed by atoms with E-state index in [0.29, 0.717) is 23.3 Å². The van der Waals surface area contributed by atoms with Crippen molar-refractivity contribution in [3.63, 3.8) is 0 Å². The summed E-state index contributed by atoms with van der Waals surface area (Å²) >= 11 is 6.06. The van der Waals surface area contributed by atoms with Gasteiger partial charge in [-0.05, 0) is 38.0 Å². The molecule has 5 rings (SSSR count). The maximum Gasteiger partial charge on any atom is 0.271 e. The zero-order valence-electron chi connectivity index (χ0n) is 15.3. The molecular formula is C20H22ClN5O. The Kier molecular flexibility index (Phi) is 5.07. The second-order valence-electron chi connectivity index (χ2n) is 7.05. The van der Waals surface area contributed by atoms with Crippen LogP contribution in [0.1, 0.15) is 60.2 Å². The smallest absolute Gasteiger partial charge is 0.271 e. The third kappa shape index (κ3) is 4.45. The van der Waals surface area contributed by atoms with E-state index in [4.69, 9.17) is 11.6 Å². The fourth-order valence-electron chi connectivity index (χ4n) is 2.75. The van der Waals surface area contributed by atoms with Gasteiger partial charge in [-0.1, -0.05) is 30.9 Å². The van der Waals surface area contributed by atoms with E-state index in [2.05, 4.69) is 24.8 Å². The van der Waals surface area contributed by atoms with Crippen LogP contribution in [0.15, 0.2) is 30.6 Å². The number of rotatable bonds is 4. The van der Waals surface area contributed by atoms with Crippen LogP contribution in [0.4, 0.5) is 0 Å². The summed E-state index contributed by atoms with van der Waals surface area (Å²) in [4.78, 5) is 25.1. The normalized spacial score (nSPS) is 15.2. The SMILES string of the molecule is C1CC1.Cc1cnc(C(=O)NCc2nc3cc(Cl)ccc3n2C2CC2)cn1. The van der Waals surface area contributed by atoms with Crippen molar-refractivity contribution in [2.45, 2.75) is 51.6 Å². The van der Waals surface area contributed by atoms with E-state index in [-0.39, 0.29) is 5.91 Å². The lowest BCUT2D eigenvalue weighted by Gasteiger charge is -2.08. The number of hydrogen-bond donors (Lipinski definition) is 1. The van der Waals surface area contributed by atoms with Gasteiger partial charge in [0.2, 0.25) is 0 Å². The maximum atomic E-state index is 12.2. The molecule has 0 atom stereocenters. The number of nitrogens with zero attached hydrogens (tertiary/aromatic N) is 4. The largest absolute Gasteiger partial charge is 0.343 e. The molecule has 2 aliphatic carbocycles. The van der Waals surface area contributed by atoms with Crippen molar-refractivity contribution >= 4 is 28.5 Å². The van der Waals surface area contributed by atoms with Crippen LogP contribution >= 0.6 is 11.6 Å². The number of amides is 1. The van der Waals surface area contributed by atoms with Crippen molar-refractivity contribution in [1.82, 2.24) is 24.8 Å². The molecule has 0 bridgehead atoms. The number of halogens is 1. The molecule has 2 saturated carbocycles. The first kappa shape index (κ1) is 17.9. The number of aryl methyl sites for hydroxylation is 1. The molecule has 0 saturated heterocycles. The average Bonchev–Trinajstić information content (AvgIpc) is 3.56. The van der Waals surface area contributed by atoms with Gasteiger partial charge < -0.3 is 9.88 Å². The maximum absolute atomic E-state index is 12.2. The van der Waals surface area contributed by atoms with Crippen LogP contribution in [0.5, 0.6) is 0 Å². The van der Waals surface area contributed by atoms with Crippen LogP contribution in [0.2, 0.25) is 5.02 Å². The van der Waals surface area contributed by atoms with Gasteiger partial charge in [0.15, 0.2) is 0 Å². The third-order valence-corrected chi connectivity index (χ3v) is 4.65. The molecule has 0 aliphatic heterocycles. The first-order valence-electron chi connectivity index (χ1n) is 9.35. The second-order valence-corrected chi connectivity index (χ2v) is 7.49. The van der Waals surface area contributed by atoms with Crippen LogP contribution in [0.25, 0.3) is 11.0 Å². The standard InChI is InChI=1S/C17H16ClN5O.C3H6/c1-10-7-20-14(8-19-10)17(24)21-9-16-22-13-6-11(18)2-5-15(13)23(16)12-3-4-12;1-2-3-1/h2,5-8,12H,3-4,9H2,1H3,(H,21,24);1-3H2. The van der Waals surface area contributed by atoms with Crippen molar-refractivity contribution in [3.8, 4) is 0 Å². The first-order valence-corrected chi connectivity index (χ1v) is 9.73. The lowest BCUT2D eigenvalue weighted by molar-refractivity contribution is 0.0944. The van der Waals surface area contributed by atoms with E-state index in [1.807, 2.05) is 25.1 Å². The summed E-state index contributed by atoms with van der Waals surface area (Å²) in [7, 11) is 0. The number of nitrogens with one attached hydrogen (secondary N) is 1. The molecule has 1 aromatic carbocycles. The minimum Gasteiger partial charge on any atom is -0.343 e. The molecule has 3 aromatic rings. The average molecular weight is 384 g/mol. The van der Waals surface area contributed by atoms with Gasteiger partial charge in [-0.2, -0.15) is 0 Å². The van der Waals surface area contributed by atoms with Crippen LogP contribution in [-0.2, 0) is 6.54 Å². The number of aromatic nitrogens is 4. The van der Waals surface area contributed by atoms with Crippen LogP contribution in [-0.4, -0.2) is 25.4 Å². The summed E-state index contributed by atoms with van der Waals surface area (Å²) < 4.78 is 2.20. The Balaban J connectivity index is 0.000000547. The summed E-state index contributed by atoms with van der Waals surface area (Å²) in [6, 6.07) is 6.17. The molecule has 7 heteroatoms. The van der Waals surface area contributed by atoms with Gasteiger partial charge >= 0.3 is 0 Å². The van der Waals surface area contributed by atoms with Crippen molar-refractivity contribution in [2.75, 3.05) is 0 Å². The van der Waals surface area contributed by atoms with Gasteiger partial charge in [0.1, 0.15) is 11.5 Å². The predicted molar refractivity (Wildman–Crippen MR) is 105 cm³/mol. The molecule has 2 aliphatic rings. The molecule has 0 spiro atoms. The zero-order valence-corrected chi connectivity index (χ0v) is 16.0. The lowest BCUT2D eigenvalue weighted by Crippen LogP contribution is -2.25. The Bertz CT molecular complexity index is 958. The molecule has 0 unspecified atom stereocenters. The quantitative estimate of drug-likeness (QED) is 0.731. The van der Waals surface area contributed by atoms with Gasteiger partial charge in [-0.25, -0.2) is 9.97 Å². The van der Waals surface area contributed by atoms with Crippen LogP contribution in [0, 0.1) is 6.92 Å². The van der Waals surface area contributed by atoms with Crippen LogP contribution in [0.3, 0.4) is 0 Å². The Morgan fingerprint density at radius 2 is 2.00 bits per heavy atom. The number of hydrogen-bond acceptors (Lipinski definition) is 4. The number of benzene rings is 1. The zero-order chi connectivity index (χ0) is 18.8. The monoisotopic (exact) mass is 383 g/mol. The number of imidazole rings is 1. The highest BCUT2D eigenvalue weighted by molar-refractivity contribution is 6.31. The van der Waals surface area contributed by atoms with Gasteiger partial charge in [0, 0.05) is 17.3 Å². The minimum absolute atomic E-state index is 0.255. The van der Waals surface area contributed by atoms with E-state index in [9.17, 15) is 4.79 Å². The second kappa shape index (κ2) is 7.64. The van der Waals surface area contributed by atoms with Gasteiger partial charge in [-0.15, -0.1) is 0 Å².